The molecule has 2 aromatic carbocycles. The van der Waals surface area contributed by atoms with E-state index in [0.717, 1.165) is 31.7 Å². The number of hydrogen-bond donors (Lipinski definition) is 0. The number of benzene rings is 2. The Morgan fingerprint density at radius 2 is 1.73 bits per heavy atom. The molecule has 1 aliphatic carbocycles. The highest BCUT2D eigenvalue weighted by Gasteiger charge is 2.36. The van der Waals surface area contributed by atoms with Gasteiger partial charge in [0.1, 0.15) is 12.4 Å². The molecule has 0 saturated heterocycles. The lowest BCUT2D eigenvalue weighted by molar-refractivity contribution is -0.384. The Morgan fingerprint density at radius 3 is 2.31 bits per heavy atom. The van der Waals surface area contributed by atoms with Gasteiger partial charge in [-0.25, -0.2) is 0 Å². The van der Waals surface area contributed by atoms with Crippen molar-refractivity contribution in [1.82, 2.24) is 0 Å². The van der Waals surface area contributed by atoms with Crippen LogP contribution < -0.4 is 4.74 Å². The maximum Gasteiger partial charge on any atom is 0.416 e. The third-order valence-corrected chi connectivity index (χ3v) is 4.67. The van der Waals surface area contributed by atoms with E-state index in [4.69, 9.17) is 4.74 Å². The van der Waals surface area contributed by atoms with Gasteiger partial charge < -0.3 is 4.74 Å². The largest absolute Gasteiger partial charge is 0.489 e. The van der Waals surface area contributed by atoms with Crippen LogP contribution in [-0.2, 0) is 12.8 Å². The molecular formula is C19H18F3NO3. The van der Waals surface area contributed by atoms with Gasteiger partial charge in [-0.2, -0.15) is 13.2 Å². The van der Waals surface area contributed by atoms with E-state index >= 15 is 0 Å². The minimum absolute atomic E-state index is 0.0312. The Kier molecular flexibility index (Phi) is 5.15. The summed E-state index contributed by atoms with van der Waals surface area (Å²) >= 11 is 0. The summed E-state index contributed by atoms with van der Waals surface area (Å²) in [7, 11) is 0. The van der Waals surface area contributed by atoms with Gasteiger partial charge in [0.2, 0.25) is 0 Å². The minimum atomic E-state index is -4.40. The van der Waals surface area contributed by atoms with Gasteiger partial charge in [0.15, 0.2) is 0 Å². The highest BCUT2D eigenvalue weighted by Crippen LogP contribution is 2.42. The van der Waals surface area contributed by atoms with Crippen LogP contribution in [0.1, 0.15) is 48.3 Å². The summed E-state index contributed by atoms with van der Waals surface area (Å²) in [5.74, 6) is 0.334. The first-order valence-corrected chi connectivity index (χ1v) is 8.42. The summed E-state index contributed by atoms with van der Waals surface area (Å²) in [6.07, 6.45) is -0.884. The van der Waals surface area contributed by atoms with Crippen LogP contribution in [0.4, 0.5) is 18.9 Å². The fourth-order valence-electron chi connectivity index (χ4n) is 3.36. The Morgan fingerprint density at radius 1 is 1.08 bits per heavy atom. The zero-order chi connectivity index (χ0) is 18.7. The van der Waals surface area contributed by atoms with Gasteiger partial charge in [0.05, 0.1) is 10.5 Å². The summed E-state index contributed by atoms with van der Waals surface area (Å²) in [6.45, 7) is -0.0359. The van der Waals surface area contributed by atoms with Crippen molar-refractivity contribution in [2.24, 2.45) is 0 Å². The Bertz CT molecular complexity index is 782. The molecule has 138 valence electrons. The third kappa shape index (κ3) is 4.15. The molecule has 0 heterocycles. The fraction of sp³-hybridized carbons (Fsp3) is 0.368. The lowest BCUT2D eigenvalue weighted by Gasteiger charge is -2.19. The van der Waals surface area contributed by atoms with Crippen molar-refractivity contribution in [3.63, 3.8) is 0 Å². The van der Waals surface area contributed by atoms with E-state index in [0.29, 0.717) is 16.9 Å². The predicted molar refractivity (Wildman–Crippen MR) is 90.1 cm³/mol. The summed E-state index contributed by atoms with van der Waals surface area (Å²) in [5, 5.41) is 10.6. The van der Waals surface area contributed by atoms with Crippen LogP contribution in [0.15, 0.2) is 42.5 Å². The van der Waals surface area contributed by atoms with Crippen LogP contribution in [0, 0.1) is 10.1 Å². The molecule has 0 spiro atoms. The van der Waals surface area contributed by atoms with Crippen molar-refractivity contribution in [2.45, 2.75) is 44.4 Å². The number of rotatable bonds is 5. The van der Waals surface area contributed by atoms with Crippen molar-refractivity contribution in [2.75, 3.05) is 0 Å². The molecule has 1 aliphatic rings. The number of hydrogen-bond acceptors (Lipinski definition) is 3. The molecular weight excluding hydrogens is 347 g/mol. The molecule has 0 radical (unpaired) electrons. The molecule has 2 aromatic rings. The lowest BCUT2D eigenvalue weighted by Crippen LogP contribution is -2.12. The molecule has 0 aromatic heterocycles. The van der Waals surface area contributed by atoms with E-state index in [9.17, 15) is 23.3 Å². The Labute approximate surface area is 148 Å². The monoisotopic (exact) mass is 365 g/mol. The van der Waals surface area contributed by atoms with Crippen LogP contribution in [-0.4, -0.2) is 4.92 Å². The molecule has 1 fully saturated rings. The smallest absolute Gasteiger partial charge is 0.416 e. The second-order valence-corrected chi connectivity index (χ2v) is 6.44. The Hall–Kier alpha value is -2.57. The maximum atomic E-state index is 13.5. The van der Waals surface area contributed by atoms with Crippen LogP contribution in [0.3, 0.4) is 0 Å². The zero-order valence-electron chi connectivity index (χ0n) is 14.0. The van der Waals surface area contributed by atoms with E-state index in [2.05, 4.69) is 0 Å². The molecule has 0 bridgehead atoms. The molecule has 0 aliphatic heterocycles. The summed E-state index contributed by atoms with van der Waals surface area (Å²) in [5.41, 5.74) is 0.123. The molecule has 0 N–H and O–H groups in total. The number of halogens is 3. The van der Waals surface area contributed by atoms with E-state index in [1.165, 1.54) is 24.3 Å². The first kappa shape index (κ1) is 18.2. The van der Waals surface area contributed by atoms with Crippen LogP contribution in [0.2, 0.25) is 0 Å². The fourth-order valence-corrected chi connectivity index (χ4v) is 3.36. The number of non-ortho nitro benzene ring substituents is 1. The summed E-state index contributed by atoms with van der Waals surface area (Å²) in [4.78, 5) is 10.1. The Balaban J connectivity index is 1.76. The van der Waals surface area contributed by atoms with Gasteiger partial charge in [0.25, 0.3) is 5.69 Å². The first-order chi connectivity index (χ1) is 12.3. The number of nitrogens with zero attached hydrogens (tertiary/aromatic N) is 1. The highest BCUT2D eigenvalue weighted by atomic mass is 19.4. The van der Waals surface area contributed by atoms with Gasteiger partial charge in [-0.15, -0.1) is 0 Å². The molecule has 0 amide bonds. The van der Waals surface area contributed by atoms with Crippen LogP contribution in [0.25, 0.3) is 0 Å². The van der Waals surface area contributed by atoms with Gasteiger partial charge >= 0.3 is 6.18 Å². The van der Waals surface area contributed by atoms with Crippen molar-refractivity contribution < 1.29 is 22.8 Å². The second-order valence-electron chi connectivity index (χ2n) is 6.44. The molecule has 0 atom stereocenters. The van der Waals surface area contributed by atoms with Crippen molar-refractivity contribution in [3.8, 4) is 5.75 Å². The van der Waals surface area contributed by atoms with Crippen molar-refractivity contribution >= 4 is 5.69 Å². The number of nitro groups is 1. The number of nitro benzene ring substituents is 1. The van der Waals surface area contributed by atoms with Crippen LogP contribution in [0.5, 0.6) is 5.75 Å². The van der Waals surface area contributed by atoms with E-state index < -0.39 is 16.7 Å². The topological polar surface area (TPSA) is 52.4 Å². The molecule has 1 saturated carbocycles. The van der Waals surface area contributed by atoms with Crippen molar-refractivity contribution in [1.29, 1.82) is 0 Å². The minimum Gasteiger partial charge on any atom is -0.489 e. The van der Waals surface area contributed by atoms with Gasteiger partial charge in [-0.1, -0.05) is 25.0 Å². The normalized spacial score (nSPS) is 15.2. The average Bonchev–Trinajstić information content (AvgIpc) is 3.14. The SMILES string of the molecule is O=[N+]([O-])c1ccc(OCc2ccc(C3CCCC3)c(C(F)(F)F)c2)cc1. The lowest BCUT2D eigenvalue weighted by atomic mass is 9.91. The molecule has 26 heavy (non-hydrogen) atoms. The van der Waals surface area contributed by atoms with Crippen LogP contribution >= 0.6 is 0 Å². The summed E-state index contributed by atoms with van der Waals surface area (Å²) < 4.78 is 45.9. The highest BCUT2D eigenvalue weighted by molar-refractivity contribution is 5.38. The van der Waals surface area contributed by atoms with Crippen molar-refractivity contribution in [3.05, 3.63) is 69.3 Å². The van der Waals surface area contributed by atoms with E-state index in [1.807, 2.05) is 0 Å². The third-order valence-electron chi connectivity index (χ3n) is 4.67. The molecule has 0 unspecified atom stereocenters. The second kappa shape index (κ2) is 7.35. The van der Waals surface area contributed by atoms with Gasteiger partial charge in [-0.3, -0.25) is 10.1 Å². The summed E-state index contributed by atoms with van der Waals surface area (Å²) in [6, 6.07) is 9.81. The standard InChI is InChI=1S/C19H18F3NO3/c20-19(21,22)18-11-13(5-10-17(18)14-3-1-2-4-14)12-26-16-8-6-15(7-9-16)23(24)25/h5-11,14H,1-4,12H2. The predicted octanol–water partition coefficient (Wildman–Crippen LogP) is 5.85. The zero-order valence-corrected chi connectivity index (χ0v) is 14.0. The average molecular weight is 365 g/mol. The first-order valence-electron chi connectivity index (χ1n) is 8.42. The van der Waals surface area contributed by atoms with E-state index in [-0.39, 0.29) is 18.2 Å². The number of ether oxygens (including phenoxy) is 1. The molecule has 7 heteroatoms. The number of alkyl halides is 3. The maximum absolute atomic E-state index is 13.5. The van der Waals surface area contributed by atoms with Gasteiger partial charge in [0, 0.05) is 12.1 Å². The molecule has 3 rings (SSSR count). The van der Waals surface area contributed by atoms with E-state index in [1.54, 1.807) is 12.1 Å². The van der Waals surface area contributed by atoms with Gasteiger partial charge in [-0.05, 0) is 48.1 Å². The molecule has 4 nitrogen and oxygen atoms in total. The quantitative estimate of drug-likeness (QED) is 0.493.